The largest absolute Gasteiger partial charge is 0.456 e. The molecule has 3 rings (SSSR count). The molecule has 0 N–H and O–H groups in total. The molecule has 0 saturated carbocycles. The van der Waals surface area contributed by atoms with E-state index in [4.69, 9.17) is 4.74 Å². The number of aryl methyl sites for hydroxylation is 3. The molecule has 3 aromatic heterocycles. The lowest BCUT2D eigenvalue weighted by atomic mass is 10.1. The highest BCUT2D eigenvalue weighted by atomic mass is 16.5. The zero-order valence-electron chi connectivity index (χ0n) is 14.5. The fourth-order valence-corrected chi connectivity index (χ4v) is 2.44. The number of Topliss-reactive ketones (excluding diaryl/α,β-unsaturated/α-hetero) is 1. The van der Waals surface area contributed by atoms with Gasteiger partial charge in [0.2, 0.25) is 0 Å². The molecule has 0 aliphatic heterocycles. The van der Waals surface area contributed by atoms with Crippen molar-refractivity contribution in [3.05, 3.63) is 77.1 Å². The number of ether oxygens (including phenoxy) is 1. The van der Waals surface area contributed by atoms with Gasteiger partial charge in [-0.15, -0.1) is 0 Å². The van der Waals surface area contributed by atoms with Gasteiger partial charge in [-0.1, -0.05) is 6.07 Å². The first kappa shape index (κ1) is 16.8. The number of nitrogens with zero attached hydrogens (tertiary/aromatic N) is 3. The molecule has 0 atom stereocenters. The van der Waals surface area contributed by atoms with Crippen LogP contribution < -0.4 is 4.74 Å². The minimum absolute atomic E-state index is 0.0892. The zero-order chi connectivity index (χ0) is 17.8. The monoisotopic (exact) mass is 333 g/mol. The quantitative estimate of drug-likeness (QED) is 0.660. The number of pyridine rings is 3. The molecule has 0 aromatic carbocycles. The third-order valence-corrected chi connectivity index (χ3v) is 3.62. The van der Waals surface area contributed by atoms with E-state index in [1.165, 1.54) is 0 Å². The Labute approximate surface area is 146 Å². The van der Waals surface area contributed by atoms with Crippen LogP contribution in [0.2, 0.25) is 0 Å². The van der Waals surface area contributed by atoms with Crippen molar-refractivity contribution in [2.24, 2.45) is 0 Å². The zero-order valence-corrected chi connectivity index (χ0v) is 14.5. The summed E-state index contributed by atoms with van der Waals surface area (Å²) in [5, 5.41) is 0. The predicted molar refractivity (Wildman–Crippen MR) is 95.0 cm³/mol. The second-order valence-corrected chi connectivity index (χ2v) is 5.94. The standard InChI is InChI=1S/C20H19N3O2/c1-13-7-8-17(12-21-13)25-18-9-15(3)23-19(11-18)20(24)10-16-6-4-5-14(2)22-16/h4-9,11-12H,10H2,1-3H3. The van der Waals surface area contributed by atoms with E-state index >= 15 is 0 Å². The lowest BCUT2D eigenvalue weighted by molar-refractivity contribution is 0.0986. The van der Waals surface area contributed by atoms with Gasteiger partial charge in [0.15, 0.2) is 5.78 Å². The molecule has 0 bridgehead atoms. The number of rotatable bonds is 5. The second-order valence-electron chi connectivity index (χ2n) is 5.94. The molecule has 0 saturated heterocycles. The van der Waals surface area contributed by atoms with Crippen LogP contribution in [0.3, 0.4) is 0 Å². The van der Waals surface area contributed by atoms with Gasteiger partial charge in [-0.05, 0) is 45.0 Å². The van der Waals surface area contributed by atoms with Gasteiger partial charge in [0, 0.05) is 34.9 Å². The van der Waals surface area contributed by atoms with Crippen molar-refractivity contribution < 1.29 is 9.53 Å². The van der Waals surface area contributed by atoms with Gasteiger partial charge >= 0.3 is 0 Å². The van der Waals surface area contributed by atoms with Crippen LogP contribution in [0, 0.1) is 20.8 Å². The Morgan fingerprint density at radius 2 is 1.76 bits per heavy atom. The van der Waals surface area contributed by atoms with Crippen LogP contribution in [-0.2, 0) is 6.42 Å². The van der Waals surface area contributed by atoms with E-state index in [0.717, 1.165) is 22.8 Å². The van der Waals surface area contributed by atoms with Crippen LogP contribution in [0.4, 0.5) is 0 Å². The normalized spacial score (nSPS) is 10.5. The molecule has 3 aromatic rings. The van der Waals surface area contributed by atoms with Crippen LogP contribution in [0.1, 0.15) is 33.3 Å². The van der Waals surface area contributed by atoms with E-state index in [1.807, 2.05) is 51.1 Å². The molecule has 126 valence electrons. The van der Waals surface area contributed by atoms with Crippen LogP contribution in [0.25, 0.3) is 0 Å². The SMILES string of the molecule is Cc1ccc(Oc2cc(C)nc(C(=O)Cc3cccc(C)n3)c2)cn1. The molecule has 0 aliphatic rings. The summed E-state index contributed by atoms with van der Waals surface area (Å²) in [6, 6.07) is 12.8. The summed E-state index contributed by atoms with van der Waals surface area (Å²) in [7, 11) is 0. The van der Waals surface area contributed by atoms with Crippen molar-refractivity contribution >= 4 is 5.78 Å². The summed E-state index contributed by atoms with van der Waals surface area (Å²) in [6.45, 7) is 5.65. The molecular formula is C20H19N3O2. The number of carbonyl (C=O) groups excluding carboxylic acids is 1. The van der Waals surface area contributed by atoms with Crippen molar-refractivity contribution in [3.63, 3.8) is 0 Å². The van der Waals surface area contributed by atoms with E-state index in [-0.39, 0.29) is 12.2 Å². The number of hydrogen-bond donors (Lipinski definition) is 0. The topological polar surface area (TPSA) is 65.0 Å². The Balaban J connectivity index is 1.80. The van der Waals surface area contributed by atoms with E-state index in [9.17, 15) is 4.79 Å². The number of ketones is 1. The summed E-state index contributed by atoms with van der Waals surface area (Å²) in [6.07, 6.45) is 1.87. The Bertz CT molecular complexity index is 905. The van der Waals surface area contributed by atoms with Gasteiger partial charge in [0.1, 0.15) is 17.2 Å². The van der Waals surface area contributed by atoms with Crippen molar-refractivity contribution in [2.45, 2.75) is 27.2 Å². The number of hydrogen-bond acceptors (Lipinski definition) is 5. The van der Waals surface area contributed by atoms with Crippen molar-refractivity contribution in [2.75, 3.05) is 0 Å². The van der Waals surface area contributed by atoms with Crippen molar-refractivity contribution in [1.82, 2.24) is 15.0 Å². The fourth-order valence-electron chi connectivity index (χ4n) is 2.44. The van der Waals surface area contributed by atoms with E-state index < -0.39 is 0 Å². The van der Waals surface area contributed by atoms with E-state index in [0.29, 0.717) is 17.2 Å². The van der Waals surface area contributed by atoms with Gasteiger partial charge in [-0.2, -0.15) is 0 Å². The predicted octanol–water partition coefficient (Wildman–Crippen LogP) is 4.01. The average molecular weight is 333 g/mol. The summed E-state index contributed by atoms with van der Waals surface area (Å²) < 4.78 is 5.80. The molecule has 3 heterocycles. The maximum absolute atomic E-state index is 12.6. The molecule has 0 aliphatic carbocycles. The van der Waals surface area contributed by atoms with E-state index in [2.05, 4.69) is 15.0 Å². The molecule has 0 unspecified atom stereocenters. The molecule has 25 heavy (non-hydrogen) atoms. The Kier molecular flexibility index (Phi) is 4.84. The Morgan fingerprint density at radius 3 is 2.48 bits per heavy atom. The van der Waals surface area contributed by atoms with E-state index in [1.54, 1.807) is 18.3 Å². The molecule has 0 fully saturated rings. The van der Waals surface area contributed by atoms with Crippen LogP contribution in [-0.4, -0.2) is 20.7 Å². The first-order valence-electron chi connectivity index (χ1n) is 8.04. The molecule has 5 nitrogen and oxygen atoms in total. The molecule has 0 spiro atoms. The Morgan fingerprint density at radius 1 is 0.920 bits per heavy atom. The number of aromatic nitrogens is 3. The van der Waals surface area contributed by atoms with Crippen LogP contribution in [0.15, 0.2) is 48.7 Å². The van der Waals surface area contributed by atoms with Crippen molar-refractivity contribution in [1.29, 1.82) is 0 Å². The van der Waals surface area contributed by atoms with Gasteiger partial charge < -0.3 is 4.74 Å². The highest BCUT2D eigenvalue weighted by Crippen LogP contribution is 2.22. The van der Waals surface area contributed by atoms with Gasteiger partial charge in [0.05, 0.1) is 12.6 Å². The molecule has 0 radical (unpaired) electrons. The molecule has 0 amide bonds. The minimum atomic E-state index is -0.0892. The lowest BCUT2D eigenvalue weighted by Gasteiger charge is -2.08. The van der Waals surface area contributed by atoms with Crippen LogP contribution in [0.5, 0.6) is 11.5 Å². The Hall–Kier alpha value is -3.08. The third-order valence-electron chi connectivity index (χ3n) is 3.62. The second kappa shape index (κ2) is 7.21. The highest BCUT2D eigenvalue weighted by molar-refractivity contribution is 5.95. The maximum Gasteiger partial charge on any atom is 0.187 e. The molecule has 5 heteroatoms. The maximum atomic E-state index is 12.6. The van der Waals surface area contributed by atoms with Crippen LogP contribution >= 0.6 is 0 Å². The third kappa shape index (κ3) is 4.47. The highest BCUT2D eigenvalue weighted by Gasteiger charge is 2.12. The van der Waals surface area contributed by atoms with Gasteiger partial charge in [-0.3, -0.25) is 14.8 Å². The molecular weight excluding hydrogens is 314 g/mol. The minimum Gasteiger partial charge on any atom is -0.456 e. The van der Waals surface area contributed by atoms with Gasteiger partial charge in [0.25, 0.3) is 0 Å². The fraction of sp³-hybridized carbons (Fsp3) is 0.200. The van der Waals surface area contributed by atoms with Gasteiger partial charge in [-0.25, -0.2) is 4.98 Å². The first-order valence-corrected chi connectivity index (χ1v) is 8.04. The summed E-state index contributed by atoms with van der Waals surface area (Å²) in [5.74, 6) is 1.10. The average Bonchev–Trinajstić information content (AvgIpc) is 2.56. The number of carbonyl (C=O) groups is 1. The lowest BCUT2D eigenvalue weighted by Crippen LogP contribution is -2.08. The first-order chi connectivity index (χ1) is 12.0. The summed E-state index contributed by atoms with van der Waals surface area (Å²) in [4.78, 5) is 25.5. The summed E-state index contributed by atoms with van der Waals surface area (Å²) >= 11 is 0. The summed E-state index contributed by atoms with van der Waals surface area (Å²) in [5.41, 5.74) is 3.63. The smallest absolute Gasteiger partial charge is 0.187 e. The van der Waals surface area contributed by atoms with Crippen molar-refractivity contribution in [3.8, 4) is 11.5 Å².